The SMILES string of the molecule is CCCOc1ccc(-c2noc(C3CC(=O)N(Cc4ccc5c(c4)OCO5)C3)n2)cc1. The van der Waals surface area contributed by atoms with Gasteiger partial charge in [-0.15, -0.1) is 0 Å². The Balaban J connectivity index is 1.24. The molecule has 1 unspecified atom stereocenters. The van der Waals surface area contributed by atoms with Crippen LogP contribution in [0.4, 0.5) is 0 Å². The van der Waals surface area contributed by atoms with E-state index in [2.05, 4.69) is 17.1 Å². The first-order valence-corrected chi connectivity index (χ1v) is 10.4. The van der Waals surface area contributed by atoms with E-state index in [0.29, 0.717) is 43.6 Å². The summed E-state index contributed by atoms with van der Waals surface area (Å²) >= 11 is 0. The number of rotatable bonds is 7. The molecule has 8 heteroatoms. The molecule has 1 saturated heterocycles. The van der Waals surface area contributed by atoms with Crippen molar-refractivity contribution in [3.63, 3.8) is 0 Å². The van der Waals surface area contributed by atoms with Crippen molar-refractivity contribution in [2.75, 3.05) is 19.9 Å². The normalized spacial score (nSPS) is 17.4. The molecule has 3 aromatic rings. The smallest absolute Gasteiger partial charge is 0.232 e. The number of likely N-dealkylation sites (tertiary alicyclic amines) is 1. The minimum atomic E-state index is -0.116. The van der Waals surface area contributed by atoms with Gasteiger partial charge in [-0.25, -0.2) is 0 Å². The molecule has 1 atom stereocenters. The summed E-state index contributed by atoms with van der Waals surface area (Å²) in [6, 6.07) is 13.4. The van der Waals surface area contributed by atoms with Gasteiger partial charge in [0, 0.05) is 25.1 Å². The van der Waals surface area contributed by atoms with Gasteiger partial charge in [0.25, 0.3) is 0 Å². The maximum atomic E-state index is 12.6. The molecular weight excluding hydrogens is 398 g/mol. The van der Waals surface area contributed by atoms with E-state index in [1.54, 1.807) is 0 Å². The highest BCUT2D eigenvalue weighted by Crippen LogP contribution is 2.34. The topological polar surface area (TPSA) is 86.9 Å². The third-order valence-electron chi connectivity index (χ3n) is 5.40. The maximum absolute atomic E-state index is 12.6. The molecule has 1 aromatic heterocycles. The predicted octanol–water partition coefficient (Wildman–Crippen LogP) is 3.77. The number of aromatic nitrogens is 2. The number of fused-ring (bicyclic) bond motifs is 1. The molecular formula is C23H23N3O5. The minimum absolute atomic E-state index is 0.0693. The highest BCUT2D eigenvalue weighted by atomic mass is 16.7. The fourth-order valence-corrected chi connectivity index (χ4v) is 3.79. The lowest BCUT2D eigenvalue weighted by atomic mass is 10.1. The summed E-state index contributed by atoms with van der Waals surface area (Å²) < 4.78 is 21.9. The molecule has 5 rings (SSSR count). The molecule has 0 spiro atoms. The van der Waals surface area contributed by atoms with Gasteiger partial charge in [-0.05, 0) is 48.4 Å². The number of hydrogen-bond acceptors (Lipinski definition) is 7. The van der Waals surface area contributed by atoms with Crippen LogP contribution in [0.15, 0.2) is 47.0 Å². The van der Waals surface area contributed by atoms with Crippen LogP contribution in [0.5, 0.6) is 17.2 Å². The van der Waals surface area contributed by atoms with E-state index in [-0.39, 0.29) is 18.6 Å². The van der Waals surface area contributed by atoms with Crippen LogP contribution in [-0.4, -0.2) is 40.9 Å². The zero-order valence-corrected chi connectivity index (χ0v) is 17.2. The quantitative estimate of drug-likeness (QED) is 0.574. The Morgan fingerprint density at radius 2 is 1.97 bits per heavy atom. The van der Waals surface area contributed by atoms with Crippen molar-refractivity contribution in [3.05, 3.63) is 53.9 Å². The van der Waals surface area contributed by atoms with E-state index >= 15 is 0 Å². The van der Waals surface area contributed by atoms with E-state index in [0.717, 1.165) is 29.0 Å². The van der Waals surface area contributed by atoms with Crippen molar-refractivity contribution in [2.24, 2.45) is 0 Å². The minimum Gasteiger partial charge on any atom is -0.494 e. The summed E-state index contributed by atoms with van der Waals surface area (Å²) in [7, 11) is 0. The zero-order valence-electron chi connectivity index (χ0n) is 17.2. The van der Waals surface area contributed by atoms with Gasteiger partial charge in [0.1, 0.15) is 5.75 Å². The van der Waals surface area contributed by atoms with Crippen molar-refractivity contribution in [1.29, 1.82) is 0 Å². The van der Waals surface area contributed by atoms with Crippen LogP contribution in [0.1, 0.15) is 37.1 Å². The van der Waals surface area contributed by atoms with Crippen LogP contribution in [-0.2, 0) is 11.3 Å². The molecule has 1 fully saturated rings. The van der Waals surface area contributed by atoms with Gasteiger partial charge in [-0.2, -0.15) is 4.98 Å². The lowest BCUT2D eigenvalue weighted by Crippen LogP contribution is -2.24. The Kier molecular flexibility index (Phi) is 5.19. The van der Waals surface area contributed by atoms with Crippen LogP contribution in [0.25, 0.3) is 11.4 Å². The van der Waals surface area contributed by atoms with Crippen molar-refractivity contribution in [1.82, 2.24) is 15.0 Å². The molecule has 0 N–H and O–H groups in total. The summed E-state index contributed by atoms with van der Waals surface area (Å²) in [6.45, 7) is 4.03. The Morgan fingerprint density at radius 3 is 2.81 bits per heavy atom. The Morgan fingerprint density at radius 1 is 1.13 bits per heavy atom. The van der Waals surface area contributed by atoms with Crippen LogP contribution in [0.3, 0.4) is 0 Å². The Hall–Kier alpha value is -3.55. The molecule has 0 radical (unpaired) electrons. The van der Waals surface area contributed by atoms with Gasteiger partial charge in [-0.3, -0.25) is 4.79 Å². The van der Waals surface area contributed by atoms with E-state index in [4.69, 9.17) is 18.7 Å². The van der Waals surface area contributed by atoms with Gasteiger partial charge < -0.3 is 23.6 Å². The van der Waals surface area contributed by atoms with E-state index in [1.807, 2.05) is 47.4 Å². The second-order valence-corrected chi connectivity index (χ2v) is 7.69. The molecule has 31 heavy (non-hydrogen) atoms. The van der Waals surface area contributed by atoms with Crippen LogP contribution in [0.2, 0.25) is 0 Å². The first kappa shape index (κ1) is 19.4. The van der Waals surface area contributed by atoms with Crippen LogP contribution >= 0.6 is 0 Å². The van der Waals surface area contributed by atoms with Gasteiger partial charge in [0.15, 0.2) is 11.5 Å². The predicted molar refractivity (Wildman–Crippen MR) is 111 cm³/mol. The standard InChI is InChI=1S/C23H23N3O5/c1-2-9-28-18-6-4-16(5-7-18)22-24-23(31-25-22)17-11-21(27)26(13-17)12-15-3-8-19-20(10-15)30-14-29-19/h3-8,10,17H,2,9,11-14H2,1H3. The molecule has 3 heterocycles. The fraction of sp³-hybridized carbons (Fsp3) is 0.348. The lowest BCUT2D eigenvalue weighted by Gasteiger charge is -2.16. The molecule has 8 nitrogen and oxygen atoms in total. The van der Waals surface area contributed by atoms with Crippen molar-refractivity contribution >= 4 is 5.91 Å². The number of benzene rings is 2. The fourth-order valence-electron chi connectivity index (χ4n) is 3.79. The number of amides is 1. The van der Waals surface area contributed by atoms with E-state index in [1.165, 1.54) is 0 Å². The maximum Gasteiger partial charge on any atom is 0.232 e. The summed E-state index contributed by atoms with van der Waals surface area (Å²) in [5.74, 6) is 3.22. The molecule has 0 aliphatic carbocycles. The first-order valence-electron chi connectivity index (χ1n) is 10.4. The summed E-state index contributed by atoms with van der Waals surface area (Å²) in [4.78, 5) is 18.9. The summed E-state index contributed by atoms with van der Waals surface area (Å²) in [5.41, 5.74) is 1.84. The molecule has 2 aliphatic heterocycles. The van der Waals surface area contributed by atoms with Gasteiger partial charge in [-0.1, -0.05) is 18.1 Å². The molecule has 0 bridgehead atoms. The van der Waals surface area contributed by atoms with Crippen LogP contribution < -0.4 is 14.2 Å². The third-order valence-corrected chi connectivity index (χ3v) is 5.40. The lowest BCUT2D eigenvalue weighted by molar-refractivity contribution is -0.128. The molecule has 2 aromatic carbocycles. The van der Waals surface area contributed by atoms with Crippen molar-refractivity contribution in [2.45, 2.75) is 32.2 Å². The second kappa shape index (κ2) is 8.29. The Bertz CT molecular complexity index is 1080. The largest absolute Gasteiger partial charge is 0.494 e. The van der Waals surface area contributed by atoms with Gasteiger partial charge >= 0.3 is 0 Å². The number of nitrogens with zero attached hydrogens (tertiary/aromatic N) is 3. The number of ether oxygens (including phenoxy) is 3. The van der Waals surface area contributed by atoms with Crippen molar-refractivity contribution < 1.29 is 23.5 Å². The second-order valence-electron chi connectivity index (χ2n) is 7.69. The van der Waals surface area contributed by atoms with Gasteiger partial charge in [0.2, 0.25) is 24.4 Å². The molecule has 0 saturated carbocycles. The summed E-state index contributed by atoms with van der Waals surface area (Å²) in [5, 5.41) is 4.11. The summed E-state index contributed by atoms with van der Waals surface area (Å²) in [6.07, 6.45) is 1.32. The third kappa shape index (κ3) is 4.05. The van der Waals surface area contributed by atoms with Crippen molar-refractivity contribution in [3.8, 4) is 28.6 Å². The monoisotopic (exact) mass is 421 g/mol. The average molecular weight is 421 g/mol. The van der Waals surface area contributed by atoms with E-state index in [9.17, 15) is 4.79 Å². The number of carbonyl (C=O) groups excluding carboxylic acids is 1. The first-order chi connectivity index (χ1) is 15.2. The highest BCUT2D eigenvalue weighted by Gasteiger charge is 2.34. The molecule has 160 valence electrons. The van der Waals surface area contributed by atoms with Gasteiger partial charge in [0.05, 0.1) is 12.5 Å². The van der Waals surface area contributed by atoms with E-state index < -0.39 is 0 Å². The number of hydrogen-bond donors (Lipinski definition) is 0. The average Bonchev–Trinajstić information content (AvgIpc) is 3.53. The van der Waals surface area contributed by atoms with Crippen LogP contribution in [0, 0.1) is 0 Å². The molecule has 2 aliphatic rings. The molecule has 1 amide bonds. The zero-order chi connectivity index (χ0) is 21.2. The highest BCUT2D eigenvalue weighted by molar-refractivity contribution is 5.79. The Labute approximate surface area is 179 Å². The number of carbonyl (C=O) groups is 1.